The van der Waals surface area contributed by atoms with E-state index < -0.39 is 0 Å². The Kier molecular flexibility index (Phi) is 5.55. The van der Waals surface area contributed by atoms with Gasteiger partial charge in [-0.1, -0.05) is 32.5 Å². The van der Waals surface area contributed by atoms with Gasteiger partial charge in [0.15, 0.2) is 11.0 Å². The van der Waals surface area contributed by atoms with Gasteiger partial charge in [0.25, 0.3) is 0 Å². The standard InChI is InChI=1S/C19H26N4S2/c1-19(2,3)14-7-8-15-13(11-14)12-16(25-15)17-21-22-18(23(17)4)24-10-6-5-9-20/h12,14H,5-8,10-11H2,1-4H3. The van der Waals surface area contributed by atoms with Gasteiger partial charge in [-0.05, 0) is 48.6 Å². The van der Waals surface area contributed by atoms with E-state index in [1.165, 1.54) is 34.6 Å². The normalized spacial score (nSPS) is 17.3. The van der Waals surface area contributed by atoms with E-state index in [1.54, 1.807) is 11.8 Å². The smallest absolute Gasteiger partial charge is 0.191 e. The second kappa shape index (κ2) is 7.51. The van der Waals surface area contributed by atoms with Crippen LogP contribution in [0.1, 0.15) is 50.5 Å². The molecule has 6 heteroatoms. The van der Waals surface area contributed by atoms with Crippen molar-refractivity contribution in [1.82, 2.24) is 14.8 Å². The third-order valence-corrected chi connectivity index (χ3v) is 7.37. The Morgan fingerprint density at radius 3 is 2.92 bits per heavy atom. The Morgan fingerprint density at radius 2 is 2.20 bits per heavy atom. The molecule has 1 aliphatic rings. The van der Waals surface area contributed by atoms with Crippen molar-refractivity contribution in [2.45, 2.75) is 58.0 Å². The second-order valence-electron chi connectivity index (χ2n) is 7.84. The first-order valence-corrected chi connectivity index (χ1v) is 10.7. The lowest BCUT2D eigenvalue weighted by Crippen LogP contribution is -2.26. The SMILES string of the molecule is Cn1c(SCCCC#N)nnc1-c1cc2c(s1)CCC(C(C)(C)C)C2. The summed E-state index contributed by atoms with van der Waals surface area (Å²) >= 11 is 3.57. The molecule has 0 fully saturated rings. The predicted octanol–water partition coefficient (Wildman–Crippen LogP) is 5.09. The fraction of sp³-hybridized carbons (Fsp3) is 0.632. The highest BCUT2D eigenvalue weighted by atomic mass is 32.2. The minimum atomic E-state index is 0.373. The van der Waals surface area contributed by atoms with Crippen LogP contribution in [0.25, 0.3) is 10.7 Å². The van der Waals surface area contributed by atoms with Gasteiger partial charge in [0, 0.05) is 24.1 Å². The first-order valence-electron chi connectivity index (χ1n) is 8.91. The lowest BCUT2D eigenvalue weighted by molar-refractivity contribution is 0.217. The van der Waals surface area contributed by atoms with Crippen molar-refractivity contribution in [2.24, 2.45) is 18.4 Å². The van der Waals surface area contributed by atoms with Crippen molar-refractivity contribution in [3.63, 3.8) is 0 Å². The van der Waals surface area contributed by atoms with E-state index in [0.29, 0.717) is 11.8 Å². The van der Waals surface area contributed by atoms with Gasteiger partial charge in [-0.15, -0.1) is 21.5 Å². The van der Waals surface area contributed by atoms with Crippen molar-refractivity contribution >= 4 is 23.1 Å². The fourth-order valence-corrected chi connectivity index (χ4v) is 5.42. The zero-order valence-electron chi connectivity index (χ0n) is 15.5. The number of aromatic nitrogens is 3. The van der Waals surface area contributed by atoms with E-state index in [4.69, 9.17) is 5.26 Å². The van der Waals surface area contributed by atoms with Crippen molar-refractivity contribution in [3.8, 4) is 16.8 Å². The number of aryl methyl sites for hydroxylation is 1. The molecule has 0 N–H and O–H groups in total. The van der Waals surface area contributed by atoms with Gasteiger partial charge >= 0.3 is 0 Å². The molecular weight excluding hydrogens is 348 g/mol. The number of nitrogens with zero attached hydrogens (tertiary/aromatic N) is 4. The predicted molar refractivity (Wildman–Crippen MR) is 105 cm³/mol. The maximum Gasteiger partial charge on any atom is 0.191 e. The third-order valence-electron chi connectivity index (χ3n) is 5.03. The molecule has 1 unspecified atom stereocenters. The average molecular weight is 375 g/mol. The number of fused-ring (bicyclic) bond motifs is 1. The molecule has 2 aromatic rings. The van der Waals surface area contributed by atoms with E-state index >= 15 is 0 Å². The van der Waals surface area contributed by atoms with E-state index in [-0.39, 0.29) is 0 Å². The molecule has 0 amide bonds. The number of thioether (sulfide) groups is 1. The maximum atomic E-state index is 8.63. The number of unbranched alkanes of at least 4 members (excludes halogenated alkanes) is 1. The summed E-state index contributed by atoms with van der Waals surface area (Å²) in [7, 11) is 2.04. The van der Waals surface area contributed by atoms with Crippen LogP contribution in [0.15, 0.2) is 11.2 Å². The number of hydrogen-bond donors (Lipinski definition) is 0. The highest BCUT2D eigenvalue weighted by Crippen LogP contribution is 2.42. The third kappa shape index (κ3) is 4.09. The second-order valence-corrected chi connectivity index (χ2v) is 10.0. The topological polar surface area (TPSA) is 54.5 Å². The summed E-state index contributed by atoms with van der Waals surface area (Å²) in [6, 6.07) is 4.53. The molecule has 1 atom stereocenters. The summed E-state index contributed by atoms with van der Waals surface area (Å²) in [5.74, 6) is 2.64. The number of rotatable bonds is 5. The average Bonchev–Trinajstić information content (AvgIpc) is 3.13. The van der Waals surface area contributed by atoms with Gasteiger partial charge < -0.3 is 4.57 Å². The van der Waals surface area contributed by atoms with Gasteiger partial charge in [0.2, 0.25) is 0 Å². The minimum Gasteiger partial charge on any atom is -0.305 e. The molecule has 0 radical (unpaired) electrons. The van der Waals surface area contributed by atoms with Gasteiger partial charge in [-0.25, -0.2) is 0 Å². The summed E-state index contributed by atoms with van der Waals surface area (Å²) in [5, 5.41) is 18.3. The molecule has 1 aliphatic carbocycles. The Bertz CT molecular complexity index is 776. The largest absolute Gasteiger partial charge is 0.305 e. The van der Waals surface area contributed by atoms with E-state index in [2.05, 4.69) is 47.7 Å². The maximum absolute atomic E-state index is 8.63. The molecule has 4 nitrogen and oxygen atoms in total. The molecule has 134 valence electrons. The van der Waals surface area contributed by atoms with E-state index in [9.17, 15) is 0 Å². The lowest BCUT2D eigenvalue weighted by Gasteiger charge is -2.33. The lowest BCUT2D eigenvalue weighted by atomic mass is 9.72. The summed E-state index contributed by atoms with van der Waals surface area (Å²) in [6.07, 6.45) is 5.16. The van der Waals surface area contributed by atoms with Crippen LogP contribution in [-0.2, 0) is 19.9 Å². The van der Waals surface area contributed by atoms with Gasteiger partial charge in [0.05, 0.1) is 10.9 Å². The van der Waals surface area contributed by atoms with Gasteiger partial charge in [-0.2, -0.15) is 5.26 Å². The van der Waals surface area contributed by atoms with Crippen molar-refractivity contribution in [2.75, 3.05) is 5.75 Å². The van der Waals surface area contributed by atoms with Crippen LogP contribution in [0.2, 0.25) is 0 Å². The summed E-state index contributed by atoms with van der Waals surface area (Å²) < 4.78 is 2.09. The highest BCUT2D eigenvalue weighted by molar-refractivity contribution is 7.99. The summed E-state index contributed by atoms with van der Waals surface area (Å²) in [4.78, 5) is 2.76. The molecule has 0 saturated heterocycles. The Morgan fingerprint density at radius 1 is 1.40 bits per heavy atom. The number of hydrogen-bond acceptors (Lipinski definition) is 5. The van der Waals surface area contributed by atoms with Crippen molar-refractivity contribution < 1.29 is 0 Å². The van der Waals surface area contributed by atoms with Crippen LogP contribution in [0, 0.1) is 22.7 Å². The first kappa shape index (κ1) is 18.5. The number of nitriles is 1. The van der Waals surface area contributed by atoms with Gasteiger partial charge in [0.1, 0.15) is 0 Å². The zero-order chi connectivity index (χ0) is 18.0. The molecule has 2 heterocycles. The van der Waals surface area contributed by atoms with Crippen molar-refractivity contribution in [1.29, 1.82) is 5.26 Å². The van der Waals surface area contributed by atoms with Crippen LogP contribution < -0.4 is 0 Å². The highest BCUT2D eigenvalue weighted by Gasteiger charge is 2.30. The molecule has 2 aromatic heterocycles. The van der Waals surface area contributed by atoms with Gasteiger partial charge in [-0.3, -0.25) is 0 Å². The Balaban J connectivity index is 1.75. The van der Waals surface area contributed by atoms with Crippen LogP contribution in [-0.4, -0.2) is 20.5 Å². The summed E-state index contributed by atoms with van der Waals surface area (Å²) in [6.45, 7) is 7.07. The fourth-order valence-electron chi connectivity index (χ4n) is 3.34. The first-order chi connectivity index (χ1) is 11.9. The molecule has 0 saturated carbocycles. The Labute approximate surface area is 158 Å². The molecule has 0 spiro atoms. The molecule has 25 heavy (non-hydrogen) atoms. The molecule has 0 bridgehead atoms. The number of thiophene rings is 1. The summed E-state index contributed by atoms with van der Waals surface area (Å²) in [5.41, 5.74) is 1.88. The minimum absolute atomic E-state index is 0.373. The molecule has 0 aromatic carbocycles. The van der Waals surface area contributed by atoms with Crippen molar-refractivity contribution in [3.05, 3.63) is 16.5 Å². The van der Waals surface area contributed by atoms with E-state index in [0.717, 1.165) is 29.1 Å². The van der Waals surface area contributed by atoms with Crippen LogP contribution >= 0.6 is 23.1 Å². The van der Waals surface area contributed by atoms with Crippen LogP contribution in [0.3, 0.4) is 0 Å². The van der Waals surface area contributed by atoms with Crippen LogP contribution in [0.5, 0.6) is 0 Å². The molecule has 3 rings (SSSR count). The van der Waals surface area contributed by atoms with Crippen LogP contribution in [0.4, 0.5) is 0 Å². The zero-order valence-corrected chi connectivity index (χ0v) is 17.1. The molecule has 0 aliphatic heterocycles. The molecular formula is C19H26N4S2. The Hall–Kier alpha value is -1.32. The van der Waals surface area contributed by atoms with E-state index in [1.807, 2.05) is 18.4 Å². The monoisotopic (exact) mass is 374 g/mol. The quantitative estimate of drug-likeness (QED) is 0.540.